The first-order valence-corrected chi connectivity index (χ1v) is 9.30. The summed E-state index contributed by atoms with van der Waals surface area (Å²) in [5.74, 6) is 0.650. The Labute approximate surface area is 154 Å². The first kappa shape index (κ1) is 22.2. The zero-order valence-electron chi connectivity index (χ0n) is 14.2. The summed E-state index contributed by atoms with van der Waals surface area (Å²) in [5, 5.41) is 68.9. The van der Waals surface area contributed by atoms with E-state index < -0.39 is 74.6 Å². The molecule has 2 aliphatic rings. The van der Waals surface area contributed by atoms with Gasteiger partial charge in [-0.25, -0.2) is 0 Å². The van der Waals surface area contributed by atoms with Crippen LogP contribution in [0.15, 0.2) is 0 Å². The molecule has 0 radical (unpaired) electrons. The second kappa shape index (κ2) is 9.91. The largest absolute Gasteiger partial charge is 0.394 e. The third-order valence-electron chi connectivity index (χ3n) is 4.38. The van der Waals surface area contributed by atoms with Crippen LogP contribution in [-0.2, 0) is 14.2 Å². The van der Waals surface area contributed by atoms with Gasteiger partial charge in [-0.15, -0.1) is 0 Å². The van der Waals surface area contributed by atoms with Crippen LogP contribution in [0.1, 0.15) is 6.92 Å². The van der Waals surface area contributed by atoms with Gasteiger partial charge in [-0.3, -0.25) is 4.72 Å². The highest BCUT2D eigenvalue weighted by atomic mass is 32.2. The fraction of sp³-hybridized carbons (Fsp3) is 1.00. The van der Waals surface area contributed by atoms with Crippen molar-refractivity contribution >= 4 is 11.9 Å². The predicted octanol–water partition coefficient (Wildman–Crippen LogP) is -4.13. The number of rotatable bonds is 7. The maximum atomic E-state index is 10.5. The molecule has 2 saturated heterocycles. The normalized spacial score (nSPS) is 47.1. The average molecular weight is 401 g/mol. The number of hydrogen-bond acceptors (Lipinski definition) is 12. The molecule has 2 aliphatic heterocycles. The van der Waals surface area contributed by atoms with Crippen LogP contribution in [0.2, 0.25) is 0 Å². The highest BCUT2D eigenvalue weighted by Crippen LogP contribution is 2.29. The number of ether oxygens (including phenoxy) is 3. The Balaban J connectivity index is 2.13. The van der Waals surface area contributed by atoms with Gasteiger partial charge in [0.15, 0.2) is 12.6 Å². The lowest BCUT2D eigenvalue weighted by Crippen LogP contribution is -2.66. The van der Waals surface area contributed by atoms with E-state index in [1.54, 1.807) is 0 Å². The van der Waals surface area contributed by atoms with Gasteiger partial charge in [0.05, 0.1) is 19.3 Å². The second-order valence-electron chi connectivity index (χ2n) is 6.11. The molecule has 2 rings (SSSR count). The predicted molar refractivity (Wildman–Crippen MR) is 87.7 cm³/mol. The Kier molecular flexibility index (Phi) is 8.46. The van der Waals surface area contributed by atoms with Crippen LogP contribution >= 0.6 is 11.9 Å². The van der Waals surface area contributed by atoms with E-state index in [2.05, 4.69) is 4.72 Å². The minimum absolute atomic E-state index is 0.593. The molecule has 0 aromatic carbocycles. The van der Waals surface area contributed by atoms with E-state index in [0.29, 0.717) is 5.75 Å². The van der Waals surface area contributed by atoms with Gasteiger partial charge in [0.2, 0.25) is 0 Å². The van der Waals surface area contributed by atoms with Crippen molar-refractivity contribution in [3.63, 3.8) is 0 Å². The quantitative estimate of drug-likeness (QED) is 0.193. The minimum atomic E-state index is -1.66. The monoisotopic (exact) mass is 401 g/mol. The molecular weight excluding hydrogens is 374 g/mol. The topological polar surface area (TPSA) is 181 Å². The van der Waals surface area contributed by atoms with Gasteiger partial charge in [0.1, 0.15) is 42.7 Å². The Hall–Kier alpha value is -0.0900. The number of hydrogen-bond donors (Lipinski definition) is 8. The molecule has 12 heteroatoms. The standard InChI is InChI=1S/C14H27NO10S/c1-2-26-15-7-9(19)12(6(4-17)23-13(7)22)25-14-11(21)10(20)8(18)5(3-16)24-14/h5-22H,2-4H2,1H3/t5-,6-,7-,8+,9-,10+,11-,12-,13?,14+/m1/s1. The van der Waals surface area contributed by atoms with E-state index >= 15 is 0 Å². The molecule has 0 amide bonds. The van der Waals surface area contributed by atoms with Gasteiger partial charge >= 0.3 is 0 Å². The zero-order chi connectivity index (χ0) is 19.4. The maximum absolute atomic E-state index is 10.5. The van der Waals surface area contributed by atoms with Crippen LogP contribution in [0.5, 0.6) is 0 Å². The fourth-order valence-corrected chi connectivity index (χ4v) is 3.51. The van der Waals surface area contributed by atoms with Gasteiger partial charge in [-0.2, -0.15) is 0 Å². The van der Waals surface area contributed by atoms with E-state index in [9.17, 15) is 35.7 Å². The van der Waals surface area contributed by atoms with Crippen molar-refractivity contribution in [3.8, 4) is 0 Å². The van der Waals surface area contributed by atoms with Crippen LogP contribution in [0.3, 0.4) is 0 Å². The van der Waals surface area contributed by atoms with E-state index in [4.69, 9.17) is 14.2 Å². The van der Waals surface area contributed by atoms with E-state index in [1.807, 2.05) is 6.92 Å². The molecule has 11 nitrogen and oxygen atoms in total. The Bertz CT molecular complexity index is 433. The number of aliphatic hydroxyl groups excluding tert-OH is 7. The molecule has 0 bridgehead atoms. The third-order valence-corrected chi connectivity index (χ3v) is 5.10. The van der Waals surface area contributed by atoms with Gasteiger partial charge in [-0.1, -0.05) is 18.9 Å². The Morgan fingerprint density at radius 2 is 1.54 bits per heavy atom. The molecular formula is C14H27NO10S. The maximum Gasteiger partial charge on any atom is 0.187 e. The van der Waals surface area contributed by atoms with Crippen LogP contribution in [-0.4, -0.2) is 116 Å². The third kappa shape index (κ3) is 4.66. The highest BCUT2D eigenvalue weighted by molar-refractivity contribution is 7.97. The molecule has 26 heavy (non-hydrogen) atoms. The van der Waals surface area contributed by atoms with E-state index in [0.717, 1.165) is 0 Å². The summed E-state index contributed by atoms with van der Waals surface area (Å²) in [6, 6.07) is -0.947. The fourth-order valence-electron chi connectivity index (χ4n) is 2.89. The van der Waals surface area contributed by atoms with Crippen molar-refractivity contribution in [2.45, 2.75) is 68.3 Å². The first-order valence-electron chi connectivity index (χ1n) is 8.31. The Morgan fingerprint density at radius 3 is 2.12 bits per heavy atom. The van der Waals surface area contributed by atoms with Crippen molar-refractivity contribution < 1.29 is 50.0 Å². The molecule has 0 aromatic heterocycles. The van der Waals surface area contributed by atoms with E-state index in [-0.39, 0.29) is 0 Å². The zero-order valence-corrected chi connectivity index (χ0v) is 15.0. The molecule has 0 saturated carbocycles. The summed E-state index contributed by atoms with van der Waals surface area (Å²) in [5.41, 5.74) is 0. The SMILES string of the molecule is CCSN[C@H]1C(O)O[C@H](CO)[C@@H](O[C@@H]2O[C@H](CO)[C@H](O)[C@H](O)[C@H]2O)[C@@H]1O. The van der Waals surface area contributed by atoms with Gasteiger partial charge in [-0.05, 0) is 0 Å². The lowest BCUT2D eigenvalue weighted by Gasteiger charge is -2.46. The van der Waals surface area contributed by atoms with Crippen LogP contribution in [0, 0.1) is 0 Å². The van der Waals surface area contributed by atoms with Gasteiger partial charge in [0.25, 0.3) is 0 Å². The summed E-state index contributed by atoms with van der Waals surface area (Å²) in [6.07, 6.45) is -12.6. The van der Waals surface area contributed by atoms with Gasteiger partial charge in [0, 0.05) is 5.75 Å². The smallest absolute Gasteiger partial charge is 0.187 e. The average Bonchev–Trinajstić information content (AvgIpc) is 2.63. The molecule has 8 N–H and O–H groups in total. The summed E-state index contributed by atoms with van der Waals surface area (Å²) in [6.45, 7) is 0.635. The van der Waals surface area contributed by atoms with Crippen molar-refractivity contribution in [2.24, 2.45) is 0 Å². The van der Waals surface area contributed by atoms with E-state index in [1.165, 1.54) is 11.9 Å². The van der Waals surface area contributed by atoms with Crippen LogP contribution in [0.25, 0.3) is 0 Å². The lowest BCUT2D eigenvalue weighted by molar-refractivity contribution is -0.344. The molecule has 0 aromatic rings. The summed E-state index contributed by atoms with van der Waals surface area (Å²) in [4.78, 5) is 0. The highest BCUT2D eigenvalue weighted by Gasteiger charge is 2.50. The number of aliphatic hydroxyl groups is 7. The molecule has 2 heterocycles. The summed E-state index contributed by atoms with van der Waals surface area (Å²) < 4.78 is 18.8. The molecule has 1 unspecified atom stereocenters. The van der Waals surface area contributed by atoms with Crippen molar-refractivity contribution in [1.82, 2.24) is 4.72 Å². The Morgan fingerprint density at radius 1 is 0.885 bits per heavy atom. The molecule has 2 fully saturated rings. The molecule has 10 atom stereocenters. The van der Waals surface area contributed by atoms with Crippen molar-refractivity contribution in [3.05, 3.63) is 0 Å². The van der Waals surface area contributed by atoms with Crippen molar-refractivity contribution in [1.29, 1.82) is 0 Å². The molecule has 154 valence electrons. The molecule has 0 aliphatic carbocycles. The van der Waals surface area contributed by atoms with Crippen LogP contribution < -0.4 is 4.72 Å². The first-order chi connectivity index (χ1) is 12.3. The second-order valence-corrected chi connectivity index (χ2v) is 7.21. The van der Waals surface area contributed by atoms with Crippen LogP contribution in [0.4, 0.5) is 0 Å². The summed E-state index contributed by atoms with van der Waals surface area (Å²) >= 11 is 1.23. The minimum Gasteiger partial charge on any atom is -0.394 e. The number of nitrogens with one attached hydrogen (secondary N) is 1. The van der Waals surface area contributed by atoms with Gasteiger partial charge < -0.3 is 50.0 Å². The summed E-state index contributed by atoms with van der Waals surface area (Å²) in [7, 11) is 0. The molecule has 0 spiro atoms. The van der Waals surface area contributed by atoms with Crippen molar-refractivity contribution in [2.75, 3.05) is 19.0 Å². The lowest BCUT2D eigenvalue weighted by atomic mass is 9.96.